The summed E-state index contributed by atoms with van der Waals surface area (Å²) in [6.07, 6.45) is 2.52. The summed E-state index contributed by atoms with van der Waals surface area (Å²) in [4.78, 5) is 16.3. The number of aromatic nitrogens is 1. The first-order valence-corrected chi connectivity index (χ1v) is 6.60. The maximum Gasteiger partial charge on any atom is 0.251 e. The van der Waals surface area contributed by atoms with Crippen LogP contribution in [0.25, 0.3) is 0 Å². The van der Waals surface area contributed by atoms with Crippen molar-refractivity contribution in [2.75, 3.05) is 0 Å². The molecule has 0 unspecified atom stereocenters. The lowest BCUT2D eigenvalue weighted by Crippen LogP contribution is -2.45. The first kappa shape index (κ1) is 18.9. The highest BCUT2D eigenvalue weighted by Gasteiger charge is 2.27. The Labute approximate surface area is 128 Å². The lowest BCUT2D eigenvalue weighted by molar-refractivity contribution is 0.0891. The number of hydrogen-bond acceptors (Lipinski definition) is 3. The number of nitrogens with one attached hydrogen (secondary N) is 1. The number of nitrogens with zero attached hydrogens (tertiary/aromatic N) is 1. The van der Waals surface area contributed by atoms with Gasteiger partial charge >= 0.3 is 0 Å². The van der Waals surface area contributed by atoms with Crippen LogP contribution in [0.5, 0.6) is 0 Å². The van der Waals surface area contributed by atoms with Crippen molar-refractivity contribution in [1.29, 1.82) is 0 Å². The molecule has 1 rings (SSSR count). The third-order valence-corrected chi connectivity index (χ3v) is 2.71. The van der Waals surface area contributed by atoms with Crippen molar-refractivity contribution in [3.05, 3.63) is 29.6 Å². The normalized spacial score (nSPS) is 11.7. The Hall–Kier alpha value is -1.13. The molecule has 114 valence electrons. The van der Waals surface area contributed by atoms with Gasteiger partial charge in [0.15, 0.2) is 0 Å². The Bertz CT molecular complexity index is 453. The first-order valence-electron chi connectivity index (χ1n) is 6.60. The van der Waals surface area contributed by atoms with E-state index < -0.39 is 0 Å². The molecule has 1 heterocycles. The maximum absolute atomic E-state index is 12.2. The summed E-state index contributed by atoms with van der Waals surface area (Å²) < 4.78 is 0. The van der Waals surface area contributed by atoms with Crippen molar-refractivity contribution in [2.24, 2.45) is 11.1 Å². The summed E-state index contributed by atoms with van der Waals surface area (Å²) in [5.74, 6) is -0.0775. The number of nitrogens with two attached hydrogens (primary N) is 1. The number of hydrogen-bond donors (Lipinski definition) is 2. The zero-order chi connectivity index (χ0) is 14.7. The summed E-state index contributed by atoms with van der Waals surface area (Å²) in [5.41, 5.74) is 6.78. The van der Waals surface area contributed by atoms with Crippen molar-refractivity contribution in [2.45, 2.75) is 53.1 Å². The predicted molar refractivity (Wildman–Crippen MR) is 85.0 cm³/mol. The number of halogens is 1. The van der Waals surface area contributed by atoms with E-state index in [0.29, 0.717) is 12.1 Å². The molecule has 0 aromatic carbocycles. The molecule has 0 fully saturated rings. The van der Waals surface area contributed by atoms with E-state index in [1.54, 1.807) is 18.3 Å². The molecule has 0 saturated carbocycles. The van der Waals surface area contributed by atoms with Crippen LogP contribution in [0.3, 0.4) is 0 Å². The van der Waals surface area contributed by atoms with Gasteiger partial charge in [-0.25, -0.2) is 0 Å². The van der Waals surface area contributed by atoms with E-state index >= 15 is 0 Å². The minimum absolute atomic E-state index is 0. The third-order valence-electron chi connectivity index (χ3n) is 2.71. The van der Waals surface area contributed by atoms with Gasteiger partial charge in [0, 0.05) is 23.8 Å². The van der Waals surface area contributed by atoms with E-state index in [9.17, 15) is 4.79 Å². The smallest absolute Gasteiger partial charge is 0.251 e. The number of rotatable bonds is 4. The molecule has 0 saturated heterocycles. The predicted octanol–water partition coefficient (Wildman–Crippen LogP) is 2.91. The number of carbonyl (C=O) groups is 1. The topological polar surface area (TPSA) is 68.0 Å². The van der Waals surface area contributed by atoms with Crippen LogP contribution in [0.2, 0.25) is 0 Å². The van der Waals surface area contributed by atoms with Crippen LogP contribution in [-0.2, 0) is 6.54 Å². The first-order chi connectivity index (χ1) is 8.63. The molecule has 5 heteroatoms. The lowest BCUT2D eigenvalue weighted by atomic mass is 9.81. The number of amides is 1. The standard InChI is InChI=1S/C15H25N3O.ClH/c1-14(2,3)10-15(4,5)18-13(19)11-6-7-17-12(8-11)9-16;/h6-8H,9-10,16H2,1-5H3,(H,18,19);1H. The molecule has 1 amide bonds. The third kappa shape index (κ3) is 6.35. The van der Waals surface area contributed by atoms with Crippen LogP contribution >= 0.6 is 12.4 Å². The van der Waals surface area contributed by atoms with E-state index in [0.717, 1.165) is 12.1 Å². The zero-order valence-electron chi connectivity index (χ0n) is 13.0. The molecule has 0 aliphatic rings. The van der Waals surface area contributed by atoms with E-state index in [2.05, 4.69) is 31.1 Å². The molecule has 0 spiro atoms. The quantitative estimate of drug-likeness (QED) is 0.898. The van der Waals surface area contributed by atoms with Crippen molar-refractivity contribution < 1.29 is 4.79 Å². The van der Waals surface area contributed by atoms with Crippen LogP contribution in [0.15, 0.2) is 18.3 Å². The molecule has 1 aromatic rings. The Morgan fingerprint density at radius 3 is 2.40 bits per heavy atom. The van der Waals surface area contributed by atoms with Gasteiger partial charge in [0.2, 0.25) is 0 Å². The largest absolute Gasteiger partial charge is 0.347 e. The Kier molecular flexibility index (Phi) is 6.65. The van der Waals surface area contributed by atoms with Crippen molar-refractivity contribution in [1.82, 2.24) is 10.3 Å². The molecule has 0 radical (unpaired) electrons. The summed E-state index contributed by atoms with van der Waals surface area (Å²) >= 11 is 0. The molecule has 0 atom stereocenters. The molecule has 20 heavy (non-hydrogen) atoms. The molecule has 0 bridgehead atoms. The molecule has 0 aliphatic heterocycles. The summed E-state index contributed by atoms with van der Waals surface area (Å²) in [6, 6.07) is 3.45. The monoisotopic (exact) mass is 299 g/mol. The van der Waals surface area contributed by atoms with Crippen molar-refractivity contribution in [3.63, 3.8) is 0 Å². The van der Waals surface area contributed by atoms with Gasteiger partial charge in [0.05, 0.1) is 5.69 Å². The Morgan fingerprint density at radius 2 is 1.90 bits per heavy atom. The van der Waals surface area contributed by atoms with Gasteiger partial charge in [-0.3, -0.25) is 9.78 Å². The van der Waals surface area contributed by atoms with Gasteiger partial charge in [0.1, 0.15) is 0 Å². The van der Waals surface area contributed by atoms with E-state index in [1.807, 2.05) is 13.8 Å². The summed E-state index contributed by atoms with van der Waals surface area (Å²) in [7, 11) is 0. The SMILES string of the molecule is CC(C)(C)CC(C)(C)NC(=O)c1ccnc(CN)c1.Cl. The molecule has 4 nitrogen and oxygen atoms in total. The number of pyridine rings is 1. The minimum Gasteiger partial charge on any atom is -0.347 e. The van der Waals surface area contributed by atoms with Gasteiger partial charge in [-0.2, -0.15) is 0 Å². The van der Waals surface area contributed by atoms with Crippen LogP contribution in [0, 0.1) is 5.41 Å². The van der Waals surface area contributed by atoms with E-state index in [4.69, 9.17) is 5.73 Å². The van der Waals surface area contributed by atoms with Crippen LogP contribution in [0.4, 0.5) is 0 Å². The van der Waals surface area contributed by atoms with Gasteiger partial charge in [0.25, 0.3) is 5.91 Å². The van der Waals surface area contributed by atoms with E-state index in [1.165, 1.54) is 0 Å². The molecular weight excluding hydrogens is 274 g/mol. The Morgan fingerprint density at radius 1 is 1.30 bits per heavy atom. The number of carbonyl (C=O) groups excluding carboxylic acids is 1. The average Bonchev–Trinajstić information content (AvgIpc) is 2.25. The molecular formula is C15H26ClN3O. The second kappa shape index (κ2) is 7.04. The van der Waals surface area contributed by atoms with Gasteiger partial charge in [-0.05, 0) is 37.8 Å². The fourth-order valence-electron chi connectivity index (χ4n) is 2.48. The molecule has 3 N–H and O–H groups in total. The molecule has 1 aromatic heterocycles. The summed E-state index contributed by atoms with van der Waals surface area (Å²) in [5, 5.41) is 3.07. The second-order valence-electron chi connectivity index (χ2n) is 6.82. The lowest BCUT2D eigenvalue weighted by Gasteiger charge is -2.33. The fourth-order valence-corrected chi connectivity index (χ4v) is 2.48. The zero-order valence-corrected chi connectivity index (χ0v) is 13.8. The molecule has 0 aliphatic carbocycles. The maximum atomic E-state index is 12.2. The second-order valence-corrected chi connectivity index (χ2v) is 6.82. The van der Waals surface area contributed by atoms with Gasteiger partial charge < -0.3 is 11.1 Å². The van der Waals surface area contributed by atoms with E-state index in [-0.39, 0.29) is 29.3 Å². The highest BCUT2D eigenvalue weighted by molar-refractivity contribution is 5.94. The van der Waals surface area contributed by atoms with Crippen molar-refractivity contribution >= 4 is 18.3 Å². The highest BCUT2D eigenvalue weighted by Crippen LogP contribution is 2.27. The van der Waals surface area contributed by atoms with Crippen molar-refractivity contribution in [3.8, 4) is 0 Å². The summed E-state index contributed by atoms with van der Waals surface area (Å²) in [6.45, 7) is 10.9. The Balaban J connectivity index is 0.00000361. The average molecular weight is 300 g/mol. The van der Waals surface area contributed by atoms with Crippen LogP contribution in [0.1, 0.15) is 57.1 Å². The minimum atomic E-state index is -0.249. The van der Waals surface area contributed by atoms with Gasteiger partial charge in [-0.1, -0.05) is 20.8 Å². The fraction of sp³-hybridized carbons (Fsp3) is 0.600. The van der Waals surface area contributed by atoms with Crippen LogP contribution < -0.4 is 11.1 Å². The highest BCUT2D eigenvalue weighted by atomic mass is 35.5. The van der Waals surface area contributed by atoms with Crippen LogP contribution in [-0.4, -0.2) is 16.4 Å². The van der Waals surface area contributed by atoms with Gasteiger partial charge in [-0.15, -0.1) is 12.4 Å².